The number of nitrogen functional groups attached to an aromatic ring is 1. The monoisotopic (exact) mass is 318 g/mol. The molecule has 0 fully saturated rings. The van der Waals surface area contributed by atoms with Crippen molar-refractivity contribution in [3.8, 4) is 0 Å². The van der Waals surface area contributed by atoms with Crippen molar-refractivity contribution in [2.45, 2.75) is 31.4 Å². The first-order valence-electron chi connectivity index (χ1n) is 5.73. The van der Waals surface area contributed by atoms with Crippen LogP contribution in [0.4, 0.5) is 32.0 Å². The van der Waals surface area contributed by atoms with Gasteiger partial charge in [-0.1, -0.05) is 0 Å². The van der Waals surface area contributed by atoms with Crippen LogP contribution in [0, 0.1) is 0 Å². The molecule has 0 aliphatic heterocycles. The van der Waals surface area contributed by atoms with Gasteiger partial charge in [-0.05, 0) is 12.5 Å². The van der Waals surface area contributed by atoms with E-state index in [-0.39, 0.29) is 18.7 Å². The molecular weight excluding hydrogens is 306 g/mol. The van der Waals surface area contributed by atoms with Crippen LogP contribution in [0.25, 0.3) is 0 Å². The van der Waals surface area contributed by atoms with E-state index in [0.29, 0.717) is 0 Å². The normalized spacial score (nSPS) is 12.9. The van der Waals surface area contributed by atoms with Gasteiger partial charge in [0.05, 0.1) is 0 Å². The number of hydrogen-bond acceptors (Lipinski definition) is 3. The number of alkyl halides is 6. The Labute approximate surface area is 115 Å². The molecule has 0 bridgehead atoms. The molecule has 0 spiro atoms. The van der Waals surface area contributed by atoms with Crippen LogP contribution in [-0.4, -0.2) is 29.6 Å². The minimum absolute atomic E-state index is 0.105. The highest BCUT2D eigenvalue weighted by Gasteiger charge is 2.57. The van der Waals surface area contributed by atoms with Gasteiger partial charge in [-0.2, -0.15) is 26.3 Å². The number of nitrogens with zero attached hydrogens (tertiary/aromatic N) is 1. The number of aryl methyl sites for hydroxylation is 1. The highest BCUT2D eigenvalue weighted by molar-refractivity contribution is 5.33. The molecule has 1 aromatic rings. The molecule has 10 heteroatoms. The maximum atomic E-state index is 12.2. The molecule has 0 radical (unpaired) electrons. The molecule has 0 aliphatic rings. The zero-order valence-electron chi connectivity index (χ0n) is 10.5. The molecule has 4 nitrogen and oxygen atoms in total. The Morgan fingerprint density at radius 2 is 1.71 bits per heavy atom. The van der Waals surface area contributed by atoms with Gasteiger partial charge < -0.3 is 15.0 Å². The summed E-state index contributed by atoms with van der Waals surface area (Å²) < 4.78 is 77.9. The average molecular weight is 318 g/mol. The summed E-state index contributed by atoms with van der Waals surface area (Å²) in [4.78, 5) is 11.3. The van der Waals surface area contributed by atoms with Crippen molar-refractivity contribution in [3.63, 3.8) is 0 Å². The first kappa shape index (κ1) is 17.3. The van der Waals surface area contributed by atoms with Crippen LogP contribution in [-0.2, 0) is 11.3 Å². The van der Waals surface area contributed by atoms with Crippen LogP contribution in [0.15, 0.2) is 23.1 Å². The lowest BCUT2D eigenvalue weighted by molar-refractivity contribution is -0.321. The molecule has 0 amide bonds. The third kappa shape index (κ3) is 5.29. The number of nitrogens with two attached hydrogens (primary N) is 1. The third-order valence-corrected chi connectivity index (χ3v) is 2.43. The van der Waals surface area contributed by atoms with E-state index >= 15 is 0 Å². The molecule has 21 heavy (non-hydrogen) atoms. The fraction of sp³-hybridized carbons (Fsp3) is 0.545. The molecule has 0 aliphatic carbocycles. The van der Waals surface area contributed by atoms with Crippen molar-refractivity contribution in [3.05, 3.63) is 28.7 Å². The highest BCUT2D eigenvalue weighted by atomic mass is 19.4. The number of pyridine rings is 1. The fourth-order valence-electron chi connectivity index (χ4n) is 1.54. The first-order chi connectivity index (χ1) is 9.51. The standard InChI is InChI=1S/C11H12F6N2O2/c12-10(13,14)9(11(15,16)17)21-5-1-4-19-6-7(18)2-3-8(19)20/h2-3,6,9H,1,4-5,18H2. The van der Waals surface area contributed by atoms with Gasteiger partial charge in [-0.15, -0.1) is 0 Å². The Morgan fingerprint density at radius 3 is 2.24 bits per heavy atom. The van der Waals surface area contributed by atoms with E-state index < -0.39 is 30.6 Å². The van der Waals surface area contributed by atoms with Crippen LogP contribution in [0.5, 0.6) is 0 Å². The largest absolute Gasteiger partial charge is 0.423 e. The van der Waals surface area contributed by atoms with E-state index in [4.69, 9.17) is 5.73 Å². The Balaban J connectivity index is 2.56. The molecule has 1 aromatic heterocycles. The summed E-state index contributed by atoms with van der Waals surface area (Å²) in [7, 11) is 0. The van der Waals surface area contributed by atoms with Crippen molar-refractivity contribution < 1.29 is 31.1 Å². The molecule has 0 saturated heterocycles. The number of hydrogen-bond donors (Lipinski definition) is 1. The molecule has 0 atom stereocenters. The summed E-state index contributed by atoms with van der Waals surface area (Å²) >= 11 is 0. The van der Waals surface area contributed by atoms with E-state index in [9.17, 15) is 31.1 Å². The van der Waals surface area contributed by atoms with Gasteiger partial charge in [0, 0.05) is 31.1 Å². The maximum Gasteiger partial charge on any atom is 0.423 e. The predicted octanol–water partition coefficient (Wildman–Crippen LogP) is 2.33. The van der Waals surface area contributed by atoms with E-state index in [1.807, 2.05) is 0 Å². The zero-order chi connectivity index (χ0) is 16.3. The second-order valence-electron chi connectivity index (χ2n) is 4.18. The lowest BCUT2D eigenvalue weighted by Gasteiger charge is -2.23. The topological polar surface area (TPSA) is 57.2 Å². The van der Waals surface area contributed by atoms with E-state index in [1.54, 1.807) is 0 Å². The Kier molecular flexibility index (Phi) is 5.26. The van der Waals surface area contributed by atoms with Crippen LogP contribution in [0.3, 0.4) is 0 Å². The van der Waals surface area contributed by atoms with Crippen molar-refractivity contribution in [2.75, 3.05) is 12.3 Å². The van der Waals surface area contributed by atoms with Crippen LogP contribution < -0.4 is 11.3 Å². The predicted molar refractivity (Wildman–Crippen MR) is 61.6 cm³/mol. The van der Waals surface area contributed by atoms with Crippen molar-refractivity contribution in [1.29, 1.82) is 0 Å². The Morgan fingerprint density at radius 1 is 1.14 bits per heavy atom. The minimum Gasteiger partial charge on any atom is -0.398 e. The third-order valence-electron chi connectivity index (χ3n) is 2.43. The van der Waals surface area contributed by atoms with Gasteiger partial charge in [0.15, 0.2) is 0 Å². The summed E-state index contributed by atoms with van der Waals surface area (Å²) in [5.74, 6) is 0. The van der Waals surface area contributed by atoms with Gasteiger partial charge in [0.25, 0.3) is 5.56 Å². The molecule has 0 saturated carbocycles. The van der Waals surface area contributed by atoms with Gasteiger partial charge in [0.2, 0.25) is 6.10 Å². The summed E-state index contributed by atoms with van der Waals surface area (Å²) in [6.45, 7) is -0.906. The van der Waals surface area contributed by atoms with E-state index in [0.717, 1.165) is 10.6 Å². The number of rotatable bonds is 5. The van der Waals surface area contributed by atoms with Crippen molar-refractivity contribution >= 4 is 5.69 Å². The highest BCUT2D eigenvalue weighted by Crippen LogP contribution is 2.35. The summed E-state index contributed by atoms with van der Waals surface area (Å²) in [6.07, 6.45) is -13.9. The zero-order valence-corrected chi connectivity index (χ0v) is 10.5. The second kappa shape index (κ2) is 6.37. The minimum atomic E-state index is -5.54. The lowest BCUT2D eigenvalue weighted by atomic mass is 10.3. The Bertz CT molecular complexity index is 509. The SMILES string of the molecule is Nc1ccc(=O)n(CCCOC(C(F)(F)F)C(F)(F)F)c1. The number of anilines is 1. The van der Waals surface area contributed by atoms with Gasteiger partial charge in [0.1, 0.15) is 0 Å². The van der Waals surface area contributed by atoms with Crippen LogP contribution >= 0.6 is 0 Å². The summed E-state index contributed by atoms with van der Waals surface area (Å²) in [5.41, 5.74) is 5.19. The van der Waals surface area contributed by atoms with Crippen LogP contribution in [0.1, 0.15) is 6.42 Å². The van der Waals surface area contributed by atoms with Gasteiger partial charge in [-0.3, -0.25) is 4.79 Å². The maximum absolute atomic E-state index is 12.2. The van der Waals surface area contributed by atoms with E-state index in [1.165, 1.54) is 12.3 Å². The van der Waals surface area contributed by atoms with Crippen molar-refractivity contribution in [2.24, 2.45) is 0 Å². The average Bonchev–Trinajstić information content (AvgIpc) is 2.29. The quantitative estimate of drug-likeness (QED) is 0.670. The fourth-order valence-corrected chi connectivity index (χ4v) is 1.54. The summed E-state index contributed by atoms with van der Waals surface area (Å²) in [5, 5.41) is 0. The molecule has 1 heterocycles. The Hall–Kier alpha value is -1.71. The van der Waals surface area contributed by atoms with Gasteiger partial charge >= 0.3 is 12.4 Å². The van der Waals surface area contributed by atoms with Gasteiger partial charge in [-0.25, -0.2) is 0 Å². The number of aromatic nitrogens is 1. The molecule has 120 valence electrons. The summed E-state index contributed by atoms with van der Waals surface area (Å²) in [6, 6.07) is 2.48. The first-order valence-corrected chi connectivity index (χ1v) is 5.73. The van der Waals surface area contributed by atoms with Crippen LogP contribution in [0.2, 0.25) is 0 Å². The second-order valence-corrected chi connectivity index (χ2v) is 4.18. The molecule has 0 aromatic carbocycles. The molecule has 0 unspecified atom stereocenters. The lowest BCUT2D eigenvalue weighted by Crippen LogP contribution is -2.44. The van der Waals surface area contributed by atoms with Crippen molar-refractivity contribution in [1.82, 2.24) is 4.57 Å². The van der Waals surface area contributed by atoms with E-state index in [2.05, 4.69) is 4.74 Å². The number of ether oxygens (including phenoxy) is 1. The molecular formula is C11H12F6N2O2. The molecule has 1 rings (SSSR count). The molecule has 2 N–H and O–H groups in total. The number of halogens is 6. The smallest absolute Gasteiger partial charge is 0.398 e.